The Morgan fingerprint density at radius 1 is 1.17 bits per heavy atom. The average molecular weight is 395 g/mol. The molecule has 1 unspecified atom stereocenters. The highest BCUT2D eigenvalue weighted by molar-refractivity contribution is 5.97. The van der Waals surface area contributed by atoms with Crippen molar-refractivity contribution in [3.05, 3.63) is 71.9 Å². The van der Waals surface area contributed by atoms with Crippen LogP contribution in [0.2, 0.25) is 0 Å². The number of rotatable bonds is 9. The molecule has 8 nitrogen and oxygen atoms in total. The largest absolute Gasteiger partial charge is 0.468 e. The molecule has 8 heteroatoms. The van der Waals surface area contributed by atoms with Gasteiger partial charge in [0, 0.05) is 12.6 Å². The van der Waals surface area contributed by atoms with Gasteiger partial charge >= 0.3 is 0 Å². The van der Waals surface area contributed by atoms with Gasteiger partial charge in [-0.25, -0.2) is 4.68 Å². The summed E-state index contributed by atoms with van der Waals surface area (Å²) in [6.45, 7) is 6.08. The molecule has 1 aromatic carbocycles. The number of carbonyl (C=O) groups excluding carboxylic acids is 2. The monoisotopic (exact) mass is 395 g/mol. The topological polar surface area (TPSA) is 106 Å². The molecule has 1 atom stereocenters. The van der Waals surface area contributed by atoms with Gasteiger partial charge in [-0.2, -0.15) is 5.10 Å². The Labute approximate surface area is 169 Å². The van der Waals surface area contributed by atoms with Crippen molar-refractivity contribution < 1.29 is 14.0 Å². The van der Waals surface area contributed by atoms with Gasteiger partial charge < -0.3 is 15.5 Å². The number of aromatic nitrogens is 2. The number of para-hydroxylation sites is 1. The zero-order chi connectivity index (χ0) is 20.8. The minimum absolute atomic E-state index is 0.101. The first-order chi connectivity index (χ1) is 14.0. The molecule has 3 rings (SSSR count). The summed E-state index contributed by atoms with van der Waals surface area (Å²) in [7, 11) is 0. The fourth-order valence-electron chi connectivity index (χ4n) is 3.27. The van der Waals surface area contributed by atoms with Gasteiger partial charge in [-0.05, 0) is 37.4 Å². The van der Waals surface area contributed by atoms with E-state index in [9.17, 15) is 9.59 Å². The number of nitrogens with two attached hydrogens (primary N) is 1. The van der Waals surface area contributed by atoms with Crippen molar-refractivity contribution in [3.63, 3.8) is 0 Å². The number of furan rings is 1. The van der Waals surface area contributed by atoms with Crippen LogP contribution in [-0.2, 0) is 0 Å². The van der Waals surface area contributed by atoms with Crippen molar-refractivity contribution in [3.8, 4) is 5.69 Å². The van der Waals surface area contributed by atoms with E-state index in [0.717, 1.165) is 18.8 Å². The van der Waals surface area contributed by atoms with Crippen molar-refractivity contribution in [1.29, 1.82) is 0 Å². The van der Waals surface area contributed by atoms with Crippen LogP contribution in [0, 0.1) is 0 Å². The van der Waals surface area contributed by atoms with E-state index in [-0.39, 0.29) is 23.3 Å². The lowest BCUT2D eigenvalue weighted by Crippen LogP contribution is -2.38. The second-order valence-electron chi connectivity index (χ2n) is 6.49. The third-order valence-electron chi connectivity index (χ3n) is 4.78. The number of nitrogens with one attached hydrogen (secondary N) is 1. The molecule has 0 aliphatic heterocycles. The van der Waals surface area contributed by atoms with E-state index < -0.39 is 5.91 Å². The van der Waals surface area contributed by atoms with Gasteiger partial charge in [0.15, 0.2) is 5.69 Å². The highest BCUT2D eigenvalue weighted by Gasteiger charge is 2.23. The quantitative estimate of drug-likeness (QED) is 0.579. The van der Waals surface area contributed by atoms with Gasteiger partial charge in [-0.3, -0.25) is 14.5 Å². The lowest BCUT2D eigenvalue weighted by atomic mass is 10.2. The van der Waals surface area contributed by atoms with Crippen LogP contribution in [-0.4, -0.2) is 46.1 Å². The second-order valence-corrected chi connectivity index (χ2v) is 6.49. The summed E-state index contributed by atoms with van der Waals surface area (Å²) in [6.07, 6.45) is 1.62. The van der Waals surface area contributed by atoms with Gasteiger partial charge in [0.1, 0.15) is 11.5 Å². The number of primary amides is 1. The lowest BCUT2D eigenvalue weighted by Gasteiger charge is -2.28. The zero-order valence-corrected chi connectivity index (χ0v) is 16.5. The third-order valence-corrected chi connectivity index (χ3v) is 4.78. The molecule has 3 N–H and O–H groups in total. The summed E-state index contributed by atoms with van der Waals surface area (Å²) >= 11 is 0. The van der Waals surface area contributed by atoms with E-state index >= 15 is 0 Å². The highest BCUT2D eigenvalue weighted by atomic mass is 16.3. The predicted molar refractivity (Wildman–Crippen MR) is 109 cm³/mol. The zero-order valence-electron chi connectivity index (χ0n) is 16.5. The molecule has 3 aromatic rings. The Morgan fingerprint density at radius 2 is 1.90 bits per heavy atom. The molecule has 0 bridgehead atoms. The molecule has 0 saturated heterocycles. The number of amides is 2. The van der Waals surface area contributed by atoms with Crippen molar-refractivity contribution >= 4 is 11.8 Å². The highest BCUT2D eigenvalue weighted by Crippen LogP contribution is 2.20. The van der Waals surface area contributed by atoms with Crippen LogP contribution in [0.1, 0.15) is 46.6 Å². The smallest absolute Gasteiger partial charge is 0.271 e. The maximum Gasteiger partial charge on any atom is 0.271 e. The van der Waals surface area contributed by atoms with E-state index in [1.807, 2.05) is 30.3 Å². The molecular weight excluding hydrogens is 370 g/mol. The summed E-state index contributed by atoms with van der Waals surface area (Å²) in [5.41, 5.74) is 6.40. The summed E-state index contributed by atoms with van der Waals surface area (Å²) in [6, 6.07) is 14.1. The maximum absolute atomic E-state index is 12.7. The normalized spacial score (nSPS) is 12.1. The summed E-state index contributed by atoms with van der Waals surface area (Å²) in [5.74, 6) is -0.260. The molecule has 0 radical (unpaired) electrons. The standard InChI is InChI=1S/C21H25N5O3/c1-3-25(4-2)18(19-11-8-12-29-19)14-23-21(28)16-13-17(20(22)27)26(24-16)15-9-6-5-7-10-15/h5-13,18H,3-4,14H2,1-2H3,(H2,22,27)(H,23,28). The fraction of sp³-hybridized carbons (Fsp3) is 0.286. The van der Waals surface area contributed by atoms with Crippen molar-refractivity contribution in [2.75, 3.05) is 19.6 Å². The first-order valence-electron chi connectivity index (χ1n) is 9.56. The summed E-state index contributed by atoms with van der Waals surface area (Å²) < 4.78 is 6.94. The Bertz CT molecular complexity index is 946. The van der Waals surface area contributed by atoms with Crippen LogP contribution in [0.3, 0.4) is 0 Å². The summed E-state index contributed by atoms with van der Waals surface area (Å²) in [5, 5.41) is 7.19. The number of benzene rings is 1. The van der Waals surface area contributed by atoms with E-state index in [1.165, 1.54) is 10.7 Å². The predicted octanol–water partition coefficient (Wildman–Crippen LogP) is 2.38. The minimum atomic E-state index is -0.656. The molecule has 152 valence electrons. The van der Waals surface area contributed by atoms with Crippen molar-refractivity contribution in [2.24, 2.45) is 5.73 Å². The molecule has 0 spiro atoms. The third kappa shape index (κ3) is 4.55. The molecule has 0 aliphatic rings. The van der Waals surface area contributed by atoms with Crippen LogP contribution in [0.15, 0.2) is 59.2 Å². The second kappa shape index (κ2) is 9.20. The first-order valence-corrected chi connectivity index (χ1v) is 9.56. The molecule has 2 aromatic heterocycles. The molecule has 2 amide bonds. The number of likely N-dealkylation sites (N-methyl/N-ethyl adjacent to an activating group) is 1. The van der Waals surface area contributed by atoms with Crippen LogP contribution >= 0.6 is 0 Å². The van der Waals surface area contributed by atoms with Gasteiger partial charge in [0.05, 0.1) is 18.0 Å². The molecule has 29 heavy (non-hydrogen) atoms. The van der Waals surface area contributed by atoms with Gasteiger partial charge in [-0.1, -0.05) is 32.0 Å². The Kier molecular flexibility index (Phi) is 6.46. The van der Waals surface area contributed by atoms with Crippen LogP contribution < -0.4 is 11.1 Å². The molecule has 2 heterocycles. The Hall–Kier alpha value is -3.39. The van der Waals surface area contributed by atoms with Crippen LogP contribution in [0.4, 0.5) is 0 Å². The maximum atomic E-state index is 12.7. The van der Waals surface area contributed by atoms with Crippen LogP contribution in [0.25, 0.3) is 5.69 Å². The van der Waals surface area contributed by atoms with Crippen LogP contribution in [0.5, 0.6) is 0 Å². The van der Waals surface area contributed by atoms with Gasteiger partial charge in [0.2, 0.25) is 0 Å². The van der Waals surface area contributed by atoms with E-state index in [1.54, 1.807) is 18.4 Å². The van der Waals surface area contributed by atoms with Crippen molar-refractivity contribution in [1.82, 2.24) is 20.0 Å². The number of hydrogen-bond donors (Lipinski definition) is 2. The lowest BCUT2D eigenvalue weighted by molar-refractivity contribution is 0.0923. The fourth-order valence-corrected chi connectivity index (χ4v) is 3.27. The first kappa shape index (κ1) is 20.3. The van der Waals surface area contributed by atoms with Gasteiger partial charge in [0.25, 0.3) is 11.8 Å². The number of hydrogen-bond acceptors (Lipinski definition) is 5. The summed E-state index contributed by atoms with van der Waals surface area (Å²) in [4.78, 5) is 26.8. The van der Waals surface area contributed by atoms with Gasteiger partial charge in [-0.15, -0.1) is 0 Å². The van der Waals surface area contributed by atoms with E-state index in [0.29, 0.717) is 12.2 Å². The Morgan fingerprint density at radius 3 is 2.48 bits per heavy atom. The van der Waals surface area contributed by atoms with E-state index in [2.05, 4.69) is 29.2 Å². The minimum Gasteiger partial charge on any atom is -0.468 e. The van der Waals surface area contributed by atoms with E-state index in [4.69, 9.17) is 10.2 Å². The average Bonchev–Trinajstić information content (AvgIpc) is 3.42. The number of carbonyl (C=O) groups is 2. The Balaban J connectivity index is 1.80. The molecule has 0 aliphatic carbocycles. The SMILES string of the molecule is CCN(CC)C(CNC(=O)c1cc(C(N)=O)n(-c2ccccc2)n1)c1ccco1. The molecule has 0 saturated carbocycles. The molecule has 0 fully saturated rings. The molecular formula is C21H25N5O3. The van der Waals surface area contributed by atoms with Crippen molar-refractivity contribution in [2.45, 2.75) is 19.9 Å². The number of nitrogens with zero attached hydrogens (tertiary/aromatic N) is 3.